The summed E-state index contributed by atoms with van der Waals surface area (Å²) in [5, 5.41) is 2.84. The highest BCUT2D eigenvalue weighted by atomic mass is 79.9. The van der Waals surface area contributed by atoms with Crippen LogP contribution in [0.15, 0.2) is 64.0 Å². The maximum absolute atomic E-state index is 12.4. The van der Waals surface area contributed by atoms with Gasteiger partial charge in [0.25, 0.3) is 0 Å². The third-order valence-electron chi connectivity index (χ3n) is 3.68. The zero-order valence-electron chi connectivity index (χ0n) is 14.1. The highest BCUT2D eigenvalue weighted by Crippen LogP contribution is 2.14. The van der Waals surface area contributed by atoms with E-state index < -0.39 is 10.0 Å². The van der Waals surface area contributed by atoms with Crippen LogP contribution in [0.4, 0.5) is 0 Å². The Morgan fingerprint density at radius 1 is 1.12 bits per heavy atom. The van der Waals surface area contributed by atoms with E-state index in [0.717, 1.165) is 14.3 Å². The molecule has 2 rings (SSSR count). The largest absolute Gasteiger partial charge is 0.352 e. The molecule has 0 fully saturated rings. The summed E-state index contributed by atoms with van der Waals surface area (Å²) in [5.74, 6) is -0.327. The Balaban J connectivity index is 1.91. The van der Waals surface area contributed by atoms with Gasteiger partial charge in [0.2, 0.25) is 15.9 Å². The van der Waals surface area contributed by atoms with Crippen LogP contribution in [0.25, 0.3) is 0 Å². The van der Waals surface area contributed by atoms with Crippen LogP contribution in [0.1, 0.15) is 12.5 Å². The third kappa shape index (κ3) is 5.66. The molecule has 134 valence electrons. The summed E-state index contributed by atoms with van der Waals surface area (Å²) in [7, 11) is -2.26. The van der Waals surface area contributed by atoms with Crippen molar-refractivity contribution in [2.24, 2.45) is 0 Å². The van der Waals surface area contributed by atoms with Crippen molar-refractivity contribution in [2.75, 3.05) is 13.6 Å². The van der Waals surface area contributed by atoms with Crippen molar-refractivity contribution in [1.29, 1.82) is 0 Å². The smallest absolute Gasteiger partial charge is 0.243 e. The molecule has 0 aliphatic carbocycles. The van der Waals surface area contributed by atoms with Gasteiger partial charge in [-0.15, -0.1) is 0 Å². The molecule has 0 aromatic heterocycles. The first-order valence-electron chi connectivity index (χ1n) is 7.84. The zero-order valence-corrected chi connectivity index (χ0v) is 16.5. The Labute approximate surface area is 157 Å². The standard InChI is InChI=1S/C18H21BrN2O3S/c1-14(12-15-8-10-16(19)11-9-15)20-18(22)13-21(2)25(23,24)17-6-4-3-5-7-17/h3-11,14H,12-13H2,1-2H3,(H,20,22). The molecule has 0 aliphatic heterocycles. The van der Waals surface area contributed by atoms with Gasteiger partial charge in [-0.3, -0.25) is 4.79 Å². The minimum Gasteiger partial charge on any atom is -0.352 e. The molecule has 1 amide bonds. The van der Waals surface area contributed by atoms with E-state index in [4.69, 9.17) is 0 Å². The van der Waals surface area contributed by atoms with Crippen molar-refractivity contribution in [3.8, 4) is 0 Å². The van der Waals surface area contributed by atoms with Gasteiger partial charge in [0, 0.05) is 17.6 Å². The van der Waals surface area contributed by atoms with Gasteiger partial charge in [-0.2, -0.15) is 4.31 Å². The molecule has 0 spiro atoms. The molecule has 0 radical (unpaired) electrons. The molecule has 2 aromatic carbocycles. The summed E-state index contributed by atoms with van der Waals surface area (Å²) in [5.41, 5.74) is 1.10. The fourth-order valence-electron chi connectivity index (χ4n) is 2.41. The van der Waals surface area contributed by atoms with Crippen LogP contribution in [-0.4, -0.2) is 38.3 Å². The highest BCUT2D eigenvalue weighted by molar-refractivity contribution is 9.10. The number of hydrogen-bond acceptors (Lipinski definition) is 3. The predicted octanol–water partition coefficient (Wildman–Crippen LogP) is 2.82. The average Bonchev–Trinajstić information content (AvgIpc) is 2.57. The Bertz CT molecular complexity index is 808. The van der Waals surface area contributed by atoms with Gasteiger partial charge in [-0.1, -0.05) is 46.3 Å². The number of amides is 1. The first-order chi connectivity index (χ1) is 11.8. The van der Waals surface area contributed by atoms with Crippen LogP contribution in [0.2, 0.25) is 0 Å². The number of carbonyl (C=O) groups is 1. The molecule has 0 heterocycles. The fourth-order valence-corrected chi connectivity index (χ4v) is 3.82. The van der Waals surface area contributed by atoms with Gasteiger partial charge in [-0.25, -0.2) is 8.42 Å². The molecule has 2 aromatic rings. The van der Waals surface area contributed by atoms with E-state index in [1.165, 1.54) is 19.2 Å². The molecule has 0 bridgehead atoms. The van der Waals surface area contributed by atoms with E-state index in [9.17, 15) is 13.2 Å². The number of sulfonamides is 1. The maximum atomic E-state index is 12.4. The molecular formula is C18H21BrN2O3S. The van der Waals surface area contributed by atoms with Crippen LogP contribution >= 0.6 is 15.9 Å². The van der Waals surface area contributed by atoms with Crippen molar-refractivity contribution in [1.82, 2.24) is 9.62 Å². The Kier molecular flexibility index (Phi) is 6.75. The SMILES string of the molecule is CC(Cc1ccc(Br)cc1)NC(=O)CN(C)S(=O)(=O)c1ccccc1. The Hall–Kier alpha value is -1.70. The lowest BCUT2D eigenvalue weighted by Gasteiger charge is -2.19. The number of likely N-dealkylation sites (N-methyl/N-ethyl adjacent to an activating group) is 1. The highest BCUT2D eigenvalue weighted by Gasteiger charge is 2.23. The minimum atomic E-state index is -3.67. The normalized spacial score (nSPS) is 12.8. The van der Waals surface area contributed by atoms with Crippen molar-refractivity contribution >= 4 is 31.9 Å². The van der Waals surface area contributed by atoms with Crippen molar-refractivity contribution in [3.63, 3.8) is 0 Å². The van der Waals surface area contributed by atoms with Crippen LogP contribution < -0.4 is 5.32 Å². The van der Waals surface area contributed by atoms with Gasteiger partial charge in [0.15, 0.2) is 0 Å². The van der Waals surface area contributed by atoms with Gasteiger partial charge in [-0.05, 0) is 43.2 Å². The zero-order chi connectivity index (χ0) is 18.4. The summed E-state index contributed by atoms with van der Waals surface area (Å²) in [6, 6.07) is 15.9. The Morgan fingerprint density at radius 3 is 2.32 bits per heavy atom. The van der Waals surface area contributed by atoms with Crippen LogP contribution in [-0.2, 0) is 21.2 Å². The van der Waals surface area contributed by atoms with Crippen LogP contribution in [0, 0.1) is 0 Å². The molecule has 0 saturated heterocycles. The second-order valence-electron chi connectivity index (χ2n) is 5.87. The number of benzene rings is 2. The maximum Gasteiger partial charge on any atom is 0.243 e. The molecule has 0 aliphatic rings. The van der Waals surface area contributed by atoms with Gasteiger partial charge < -0.3 is 5.32 Å². The fraction of sp³-hybridized carbons (Fsp3) is 0.278. The lowest BCUT2D eigenvalue weighted by Crippen LogP contribution is -2.42. The number of halogens is 1. The molecule has 5 nitrogen and oxygen atoms in total. The van der Waals surface area contributed by atoms with E-state index in [1.54, 1.807) is 18.2 Å². The molecule has 1 atom stereocenters. The topological polar surface area (TPSA) is 66.5 Å². The first kappa shape index (κ1) is 19.6. The molecule has 0 saturated carbocycles. The molecular weight excluding hydrogens is 404 g/mol. The molecule has 1 N–H and O–H groups in total. The van der Waals surface area contributed by atoms with Crippen LogP contribution in [0.5, 0.6) is 0 Å². The summed E-state index contributed by atoms with van der Waals surface area (Å²) < 4.78 is 26.9. The summed E-state index contributed by atoms with van der Waals surface area (Å²) in [6.07, 6.45) is 0.675. The van der Waals surface area contributed by atoms with Gasteiger partial charge in [0.1, 0.15) is 0 Å². The summed E-state index contributed by atoms with van der Waals surface area (Å²) >= 11 is 3.38. The number of nitrogens with one attached hydrogen (secondary N) is 1. The van der Waals surface area contributed by atoms with E-state index in [0.29, 0.717) is 6.42 Å². The predicted molar refractivity (Wildman–Crippen MR) is 102 cm³/mol. The van der Waals surface area contributed by atoms with E-state index in [1.807, 2.05) is 31.2 Å². The second kappa shape index (κ2) is 8.60. The monoisotopic (exact) mass is 424 g/mol. The van der Waals surface area contributed by atoms with Crippen molar-refractivity contribution < 1.29 is 13.2 Å². The molecule has 7 heteroatoms. The van der Waals surface area contributed by atoms with E-state index in [2.05, 4.69) is 21.2 Å². The average molecular weight is 425 g/mol. The van der Waals surface area contributed by atoms with E-state index >= 15 is 0 Å². The lowest BCUT2D eigenvalue weighted by atomic mass is 10.1. The quantitative estimate of drug-likeness (QED) is 0.742. The van der Waals surface area contributed by atoms with Gasteiger partial charge in [0.05, 0.1) is 11.4 Å². The third-order valence-corrected chi connectivity index (χ3v) is 6.03. The van der Waals surface area contributed by atoms with Crippen molar-refractivity contribution in [3.05, 3.63) is 64.6 Å². The van der Waals surface area contributed by atoms with Crippen LogP contribution in [0.3, 0.4) is 0 Å². The number of carbonyl (C=O) groups excluding carboxylic acids is 1. The summed E-state index contributed by atoms with van der Waals surface area (Å²) in [4.78, 5) is 12.3. The first-order valence-corrected chi connectivity index (χ1v) is 10.1. The molecule has 25 heavy (non-hydrogen) atoms. The second-order valence-corrected chi connectivity index (χ2v) is 8.83. The van der Waals surface area contributed by atoms with Gasteiger partial charge >= 0.3 is 0 Å². The minimum absolute atomic E-state index is 0.0958. The number of hydrogen-bond donors (Lipinski definition) is 1. The number of rotatable bonds is 7. The lowest BCUT2D eigenvalue weighted by molar-refractivity contribution is -0.121. The van der Waals surface area contributed by atoms with E-state index in [-0.39, 0.29) is 23.4 Å². The number of nitrogens with zero attached hydrogens (tertiary/aromatic N) is 1. The Morgan fingerprint density at radius 2 is 1.72 bits per heavy atom. The summed E-state index contributed by atoms with van der Waals surface area (Å²) in [6.45, 7) is 1.67. The molecule has 1 unspecified atom stereocenters. The van der Waals surface area contributed by atoms with Crippen molar-refractivity contribution in [2.45, 2.75) is 24.3 Å².